The Morgan fingerprint density at radius 2 is 2.32 bits per heavy atom. The van der Waals surface area contributed by atoms with E-state index in [9.17, 15) is 0 Å². The second kappa shape index (κ2) is 5.68. The van der Waals surface area contributed by atoms with Crippen molar-refractivity contribution in [1.82, 2.24) is 10.2 Å². The molecule has 0 aliphatic carbocycles. The van der Waals surface area contributed by atoms with E-state index in [2.05, 4.69) is 23.2 Å². The number of nitrogens with zero attached hydrogens (tertiary/aromatic N) is 1. The summed E-state index contributed by atoms with van der Waals surface area (Å²) in [6.07, 6.45) is 8.33. The molecule has 3 heterocycles. The second-order valence-electron chi connectivity index (χ2n) is 6.49. The Kier molecular flexibility index (Phi) is 3.94. The molecular formula is C16H26N2O. The van der Waals surface area contributed by atoms with Crippen molar-refractivity contribution >= 4 is 0 Å². The first kappa shape index (κ1) is 13.2. The predicted octanol–water partition coefficient (Wildman–Crippen LogP) is 2.68. The van der Waals surface area contributed by atoms with Gasteiger partial charge in [-0.3, -0.25) is 4.90 Å². The van der Waals surface area contributed by atoms with Gasteiger partial charge in [0, 0.05) is 25.6 Å². The van der Waals surface area contributed by atoms with Crippen LogP contribution in [0.2, 0.25) is 0 Å². The standard InChI is InChI=1S/C16H26N2O/c1-14(11-15-5-2-10-19-15)18-9-4-7-16(13-18)6-3-8-17-12-16/h2,5,10,14,17H,3-4,6-9,11-13H2,1H3. The molecule has 19 heavy (non-hydrogen) atoms. The molecule has 106 valence electrons. The van der Waals surface area contributed by atoms with Crippen LogP contribution in [0.3, 0.4) is 0 Å². The number of hydrogen-bond donors (Lipinski definition) is 1. The van der Waals surface area contributed by atoms with E-state index in [1.165, 1.54) is 51.9 Å². The number of piperidine rings is 2. The predicted molar refractivity (Wildman–Crippen MR) is 77.2 cm³/mol. The molecule has 2 aliphatic rings. The minimum Gasteiger partial charge on any atom is -0.469 e. The van der Waals surface area contributed by atoms with Gasteiger partial charge in [-0.1, -0.05) is 0 Å². The molecule has 3 rings (SSSR count). The van der Waals surface area contributed by atoms with Crippen molar-refractivity contribution in [2.45, 2.75) is 45.1 Å². The lowest BCUT2D eigenvalue weighted by Gasteiger charge is -2.47. The van der Waals surface area contributed by atoms with Crippen molar-refractivity contribution in [1.29, 1.82) is 0 Å². The fourth-order valence-corrected chi connectivity index (χ4v) is 3.85. The molecule has 0 radical (unpaired) electrons. The summed E-state index contributed by atoms with van der Waals surface area (Å²) in [6.45, 7) is 7.30. The molecule has 2 unspecified atom stereocenters. The first-order valence-corrected chi connectivity index (χ1v) is 7.75. The summed E-state index contributed by atoms with van der Waals surface area (Å²) in [4.78, 5) is 2.68. The summed E-state index contributed by atoms with van der Waals surface area (Å²) in [5.41, 5.74) is 0.550. The SMILES string of the molecule is CC(Cc1ccco1)N1CCCC2(CCCNC2)C1. The van der Waals surface area contributed by atoms with Crippen molar-refractivity contribution in [2.75, 3.05) is 26.2 Å². The fourth-order valence-electron chi connectivity index (χ4n) is 3.85. The average Bonchev–Trinajstić information content (AvgIpc) is 2.92. The van der Waals surface area contributed by atoms with Crippen LogP contribution in [0, 0.1) is 5.41 Å². The Morgan fingerprint density at radius 1 is 1.42 bits per heavy atom. The highest BCUT2D eigenvalue weighted by molar-refractivity contribution is 5.01. The molecule has 2 fully saturated rings. The highest BCUT2D eigenvalue weighted by Gasteiger charge is 2.37. The zero-order valence-electron chi connectivity index (χ0n) is 12.0. The van der Waals surface area contributed by atoms with E-state index in [1.54, 1.807) is 6.26 Å². The number of likely N-dealkylation sites (tertiary alicyclic amines) is 1. The van der Waals surface area contributed by atoms with Crippen LogP contribution < -0.4 is 5.32 Å². The van der Waals surface area contributed by atoms with E-state index >= 15 is 0 Å². The maximum Gasteiger partial charge on any atom is 0.105 e. The molecule has 1 spiro atoms. The van der Waals surface area contributed by atoms with Crippen molar-refractivity contribution in [3.8, 4) is 0 Å². The van der Waals surface area contributed by atoms with Gasteiger partial charge in [-0.05, 0) is 63.2 Å². The zero-order valence-corrected chi connectivity index (χ0v) is 12.0. The van der Waals surface area contributed by atoms with Gasteiger partial charge >= 0.3 is 0 Å². The Balaban J connectivity index is 1.61. The van der Waals surface area contributed by atoms with Crippen molar-refractivity contribution in [3.05, 3.63) is 24.2 Å². The first-order valence-electron chi connectivity index (χ1n) is 7.75. The Labute approximate surface area is 116 Å². The van der Waals surface area contributed by atoms with Crippen molar-refractivity contribution in [2.24, 2.45) is 5.41 Å². The highest BCUT2D eigenvalue weighted by Crippen LogP contribution is 2.36. The molecule has 3 heteroatoms. The molecule has 1 aromatic rings. The van der Waals surface area contributed by atoms with E-state index in [-0.39, 0.29) is 0 Å². The monoisotopic (exact) mass is 262 g/mol. The molecule has 2 aliphatic heterocycles. The highest BCUT2D eigenvalue weighted by atomic mass is 16.3. The zero-order chi connectivity index (χ0) is 13.1. The molecule has 0 amide bonds. The molecule has 1 N–H and O–H groups in total. The van der Waals surface area contributed by atoms with Crippen LogP contribution in [-0.2, 0) is 6.42 Å². The van der Waals surface area contributed by atoms with Crippen LogP contribution in [0.1, 0.15) is 38.4 Å². The Hall–Kier alpha value is -0.800. The lowest BCUT2D eigenvalue weighted by molar-refractivity contribution is 0.0408. The molecule has 0 aromatic carbocycles. The third-order valence-corrected chi connectivity index (χ3v) is 4.95. The molecular weight excluding hydrogens is 236 g/mol. The van der Waals surface area contributed by atoms with Gasteiger partial charge in [-0.2, -0.15) is 0 Å². The Bertz CT molecular complexity index is 376. The third kappa shape index (κ3) is 3.03. The van der Waals surface area contributed by atoms with E-state index in [0.717, 1.165) is 12.2 Å². The lowest BCUT2D eigenvalue weighted by Crippen LogP contribution is -2.53. The fraction of sp³-hybridized carbons (Fsp3) is 0.750. The van der Waals surface area contributed by atoms with Crippen LogP contribution in [-0.4, -0.2) is 37.1 Å². The molecule has 2 saturated heterocycles. The maximum atomic E-state index is 5.49. The van der Waals surface area contributed by atoms with Crippen LogP contribution in [0.25, 0.3) is 0 Å². The van der Waals surface area contributed by atoms with Crippen molar-refractivity contribution < 1.29 is 4.42 Å². The summed E-state index contributed by atoms with van der Waals surface area (Å²) in [5, 5.41) is 3.61. The summed E-state index contributed by atoms with van der Waals surface area (Å²) in [7, 11) is 0. The minimum absolute atomic E-state index is 0.550. The van der Waals surface area contributed by atoms with Gasteiger partial charge in [0.25, 0.3) is 0 Å². The second-order valence-corrected chi connectivity index (χ2v) is 6.49. The number of furan rings is 1. The van der Waals surface area contributed by atoms with E-state index in [1.807, 2.05) is 6.07 Å². The van der Waals surface area contributed by atoms with Crippen molar-refractivity contribution in [3.63, 3.8) is 0 Å². The van der Waals surface area contributed by atoms with E-state index in [4.69, 9.17) is 4.42 Å². The summed E-state index contributed by atoms with van der Waals surface area (Å²) >= 11 is 0. The normalized spacial score (nSPS) is 30.6. The van der Waals surface area contributed by atoms with Gasteiger partial charge in [0.1, 0.15) is 5.76 Å². The van der Waals surface area contributed by atoms with Crippen LogP contribution in [0.5, 0.6) is 0 Å². The smallest absolute Gasteiger partial charge is 0.105 e. The number of rotatable bonds is 3. The van der Waals surface area contributed by atoms with Crippen LogP contribution in [0.15, 0.2) is 22.8 Å². The third-order valence-electron chi connectivity index (χ3n) is 4.95. The quantitative estimate of drug-likeness (QED) is 0.908. The maximum absolute atomic E-state index is 5.49. The summed E-state index contributed by atoms with van der Waals surface area (Å²) in [5.74, 6) is 1.12. The molecule has 3 nitrogen and oxygen atoms in total. The molecule has 1 aromatic heterocycles. The topological polar surface area (TPSA) is 28.4 Å². The molecule has 0 bridgehead atoms. The first-order chi connectivity index (χ1) is 9.27. The van der Waals surface area contributed by atoms with Gasteiger partial charge in [-0.15, -0.1) is 0 Å². The minimum atomic E-state index is 0.550. The van der Waals surface area contributed by atoms with Crippen LogP contribution >= 0.6 is 0 Å². The Morgan fingerprint density at radius 3 is 3.05 bits per heavy atom. The molecule has 2 atom stereocenters. The number of nitrogens with one attached hydrogen (secondary N) is 1. The van der Waals surface area contributed by atoms with Gasteiger partial charge in [0.15, 0.2) is 0 Å². The van der Waals surface area contributed by atoms with Crippen LogP contribution in [0.4, 0.5) is 0 Å². The summed E-state index contributed by atoms with van der Waals surface area (Å²) in [6, 6.07) is 4.67. The van der Waals surface area contributed by atoms with E-state index in [0.29, 0.717) is 11.5 Å². The lowest BCUT2D eigenvalue weighted by atomic mass is 9.74. The van der Waals surface area contributed by atoms with Gasteiger partial charge in [0.2, 0.25) is 0 Å². The van der Waals surface area contributed by atoms with Gasteiger partial charge in [-0.25, -0.2) is 0 Å². The summed E-state index contributed by atoms with van der Waals surface area (Å²) < 4.78 is 5.49. The average molecular weight is 262 g/mol. The molecule has 0 saturated carbocycles. The van der Waals surface area contributed by atoms with Gasteiger partial charge < -0.3 is 9.73 Å². The number of hydrogen-bond acceptors (Lipinski definition) is 3. The van der Waals surface area contributed by atoms with Gasteiger partial charge in [0.05, 0.1) is 6.26 Å². The largest absolute Gasteiger partial charge is 0.469 e. The van der Waals surface area contributed by atoms with E-state index < -0.39 is 0 Å².